The zero-order valence-corrected chi connectivity index (χ0v) is 11.4. The minimum Gasteiger partial charge on any atom is -0.494 e. The van der Waals surface area contributed by atoms with Crippen molar-refractivity contribution < 1.29 is 14.6 Å². The van der Waals surface area contributed by atoms with Crippen LogP contribution in [0.25, 0.3) is 0 Å². The lowest BCUT2D eigenvalue weighted by Gasteiger charge is -2.04. The number of aromatic amines is 1. The topological polar surface area (TPSA) is 75.2 Å². The van der Waals surface area contributed by atoms with Crippen molar-refractivity contribution >= 4 is 5.97 Å². The molecule has 0 atom stereocenters. The van der Waals surface area contributed by atoms with Crippen LogP contribution >= 0.6 is 0 Å². The highest BCUT2D eigenvalue weighted by molar-refractivity contribution is 5.69. The maximum absolute atomic E-state index is 10.7. The second-order valence-corrected chi connectivity index (χ2v) is 4.59. The van der Waals surface area contributed by atoms with E-state index in [1.54, 1.807) is 0 Å². The van der Waals surface area contributed by atoms with Gasteiger partial charge >= 0.3 is 5.97 Å². The molecule has 0 unspecified atom stereocenters. The fourth-order valence-corrected chi connectivity index (χ4v) is 1.94. The lowest BCUT2D eigenvalue weighted by Crippen LogP contribution is -2.02. The van der Waals surface area contributed by atoms with Gasteiger partial charge in [-0.3, -0.25) is 4.79 Å². The van der Waals surface area contributed by atoms with Gasteiger partial charge in [-0.05, 0) is 25.5 Å². The van der Waals surface area contributed by atoms with Gasteiger partial charge in [0.2, 0.25) is 0 Å². The first-order chi connectivity index (χ1) is 9.65. The fourth-order valence-electron chi connectivity index (χ4n) is 1.94. The molecule has 0 fully saturated rings. The summed E-state index contributed by atoms with van der Waals surface area (Å²) in [4.78, 5) is 18.1. The van der Waals surface area contributed by atoms with Crippen LogP contribution in [0.1, 0.15) is 23.6 Å². The van der Waals surface area contributed by atoms with Gasteiger partial charge in [-0.15, -0.1) is 0 Å². The van der Waals surface area contributed by atoms with E-state index in [4.69, 9.17) is 9.84 Å². The molecule has 0 saturated carbocycles. The molecule has 0 bridgehead atoms. The molecule has 0 radical (unpaired) electrons. The first-order valence-corrected chi connectivity index (χ1v) is 6.59. The van der Waals surface area contributed by atoms with Gasteiger partial charge in [-0.25, -0.2) is 4.98 Å². The lowest BCUT2D eigenvalue weighted by molar-refractivity contribution is -0.136. The number of rotatable bonds is 7. The molecule has 5 heteroatoms. The van der Waals surface area contributed by atoms with Crippen LogP contribution in [-0.2, 0) is 17.6 Å². The predicted octanol–water partition coefficient (Wildman–Crippen LogP) is 2.36. The average Bonchev–Trinajstić information content (AvgIpc) is 2.76. The molecule has 1 aromatic heterocycles. The predicted molar refractivity (Wildman–Crippen MR) is 74.9 cm³/mol. The van der Waals surface area contributed by atoms with E-state index < -0.39 is 5.97 Å². The van der Waals surface area contributed by atoms with E-state index in [0.29, 0.717) is 12.3 Å². The Kier molecular flexibility index (Phi) is 4.76. The Labute approximate surface area is 117 Å². The monoisotopic (exact) mass is 274 g/mol. The van der Waals surface area contributed by atoms with E-state index in [9.17, 15) is 4.79 Å². The van der Waals surface area contributed by atoms with Gasteiger partial charge in [0, 0.05) is 12.1 Å². The molecule has 2 N–H and O–H groups in total. The van der Waals surface area contributed by atoms with E-state index in [0.717, 1.165) is 30.1 Å². The highest BCUT2D eigenvalue weighted by Gasteiger charge is 2.09. The summed E-state index contributed by atoms with van der Waals surface area (Å²) >= 11 is 0. The molecule has 106 valence electrons. The molecule has 0 aliphatic carbocycles. The molecule has 0 saturated heterocycles. The molecule has 0 aliphatic heterocycles. The largest absolute Gasteiger partial charge is 0.494 e. The number of aryl methyl sites for hydroxylation is 2. The van der Waals surface area contributed by atoms with Crippen molar-refractivity contribution in [1.29, 1.82) is 0 Å². The van der Waals surface area contributed by atoms with Crippen LogP contribution in [0.3, 0.4) is 0 Å². The number of nitrogens with one attached hydrogen (secondary N) is 1. The summed E-state index contributed by atoms with van der Waals surface area (Å²) in [6.07, 6.45) is 1.53. The van der Waals surface area contributed by atoms with E-state index in [2.05, 4.69) is 9.97 Å². The normalized spacial score (nSPS) is 10.4. The van der Waals surface area contributed by atoms with Crippen molar-refractivity contribution in [2.45, 2.75) is 26.2 Å². The molecular formula is C15H18N2O3. The second-order valence-electron chi connectivity index (χ2n) is 4.59. The van der Waals surface area contributed by atoms with Gasteiger partial charge in [0.15, 0.2) is 0 Å². The number of hydrogen-bond donors (Lipinski definition) is 2. The third-order valence-corrected chi connectivity index (χ3v) is 2.92. The van der Waals surface area contributed by atoms with Crippen LogP contribution < -0.4 is 4.74 Å². The molecule has 1 heterocycles. The number of imidazole rings is 1. The first-order valence-electron chi connectivity index (χ1n) is 6.59. The Balaban J connectivity index is 1.78. The third kappa shape index (κ3) is 4.12. The van der Waals surface area contributed by atoms with E-state index >= 15 is 0 Å². The maximum Gasteiger partial charge on any atom is 0.309 e. The number of hydrogen-bond acceptors (Lipinski definition) is 3. The van der Waals surface area contributed by atoms with Gasteiger partial charge in [-0.1, -0.05) is 18.2 Å². The van der Waals surface area contributed by atoms with E-state index in [1.165, 1.54) is 0 Å². The fraction of sp³-hybridized carbons (Fsp3) is 0.333. The smallest absolute Gasteiger partial charge is 0.309 e. The first kappa shape index (κ1) is 14.1. The number of carboxylic acid groups (broad SMARTS) is 1. The SMILES string of the molecule is Cc1[nH]c(CCCOc2ccccc2)nc1CC(=O)O. The van der Waals surface area contributed by atoms with Crippen LogP contribution in [0.2, 0.25) is 0 Å². The van der Waals surface area contributed by atoms with Crippen LogP contribution in [-0.4, -0.2) is 27.7 Å². The summed E-state index contributed by atoms with van der Waals surface area (Å²) in [6, 6.07) is 9.65. The maximum atomic E-state index is 10.7. The van der Waals surface area contributed by atoms with Crippen molar-refractivity contribution in [3.05, 3.63) is 47.5 Å². The number of para-hydroxylation sites is 1. The molecule has 0 amide bonds. The summed E-state index contributed by atoms with van der Waals surface area (Å²) in [7, 11) is 0. The van der Waals surface area contributed by atoms with Gasteiger partial charge in [0.05, 0.1) is 18.7 Å². The highest BCUT2D eigenvalue weighted by Crippen LogP contribution is 2.10. The van der Waals surface area contributed by atoms with Gasteiger partial charge in [-0.2, -0.15) is 0 Å². The summed E-state index contributed by atoms with van der Waals surface area (Å²) in [5.74, 6) is 0.809. The van der Waals surface area contributed by atoms with Crippen LogP contribution in [0.4, 0.5) is 0 Å². The molecule has 2 aromatic rings. The third-order valence-electron chi connectivity index (χ3n) is 2.92. The quantitative estimate of drug-likeness (QED) is 0.760. The summed E-state index contributed by atoms with van der Waals surface area (Å²) in [5.41, 5.74) is 1.43. The van der Waals surface area contributed by atoms with Crippen molar-refractivity contribution in [3.8, 4) is 5.75 Å². The zero-order valence-electron chi connectivity index (χ0n) is 11.4. The molecule has 5 nitrogen and oxygen atoms in total. The highest BCUT2D eigenvalue weighted by atomic mass is 16.5. The summed E-state index contributed by atoms with van der Waals surface area (Å²) < 4.78 is 5.59. The van der Waals surface area contributed by atoms with Gasteiger partial charge in [0.1, 0.15) is 11.6 Å². The van der Waals surface area contributed by atoms with E-state index in [1.807, 2.05) is 37.3 Å². The van der Waals surface area contributed by atoms with Crippen molar-refractivity contribution in [1.82, 2.24) is 9.97 Å². The van der Waals surface area contributed by atoms with Crippen molar-refractivity contribution in [2.75, 3.05) is 6.61 Å². The molecular weight excluding hydrogens is 256 g/mol. The Morgan fingerprint density at radius 2 is 2.10 bits per heavy atom. The number of carbonyl (C=O) groups is 1. The standard InChI is InChI=1S/C15H18N2O3/c1-11-13(10-15(18)19)17-14(16-11)8-5-9-20-12-6-3-2-4-7-12/h2-4,6-7H,5,8-10H2,1H3,(H,16,17)(H,18,19). The molecule has 0 aliphatic rings. The van der Waals surface area contributed by atoms with Crippen LogP contribution in [0.5, 0.6) is 5.75 Å². The van der Waals surface area contributed by atoms with E-state index in [-0.39, 0.29) is 6.42 Å². The zero-order chi connectivity index (χ0) is 14.4. The van der Waals surface area contributed by atoms with Crippen LogP contribution in [0, 0.1) is 6.92 Å². The molecule has 2 rings (SSSR count). The number of aliphatic carboxylic acids is 1. The van der Waals surface area contributed by atoms with Crippen molar-refractivity contribution in [3.63, 3.8) is 0 Å². The Hall–Kier alpha value is -2.30. The van der Waals surface area contributed by atoms with Crippen molar-refractivity contribution in [2.24, 2.45) is 0 Å². The number of H-pyrrole nitrogens is 1. The number of nitrogens with zero attached hydrogens (tertiary/aromatic N) is 1. The Morgan fingerprint density at radius 1 is 1.35 bits per heavy atom. The summed E-state index contributed by atoms with van der Waals surface area (Å²) in [6.45, 7) is 2.45. The molecule has 1 aromatic carbocycles. The van der Waals surface area contributed by atoms with Gasteiger partial charge < -0.3 is 14.8 Å². The summed E-state index contributed by atoms with van der Waals surface area (Å²) in [5, 5.41) is 8.77. The van der Waals surface area contributed by atoms with Gasteiger partial charge in [0.25, 0.3) is 0 Å². The molecule has 20 heavy (non-hydrogen) atoms. The Bertz CT molecular complexity index is 564. The second kappa shape index (κ2) is 6.75. The van der Waals surface area contributed by atoms with Crippen LogP contribution in [0.15, 0.2) is 30.3 Å². The number of benzene rings is 1. The molecule has 0 spiro atoms. The Morgan fingerprint density at radius 3 is 2.80 bits per heavy atom. The number of ether oxygens (including phenoxy) is 1. The average molecular weight is 274 g/mol. The lowest BCUT2D eigenvalue weighted by atomic mass is 10.3. The number of aromatic nitrogens is 2. The minimum atomic E-state index is -0.862. The minimum absolute atomic E-state index is 0.0388. The number of carboxylic acids is 1.